The first-order valence-corrected chi connectivity index (χ1v) is 2.66. The Morgan fingerprint density at radius 3 is 3.10 bits per heavy atom. The molecule has 54 valence electrons. The lowest BCUT2D eigenvalue weighted by Crippen LogP contribution is -2.12. The Balaban J connectivity index is 3.07. The van der Waals surface area contributed by atoms with Crippen molar-refractivity contribution in [1.82, 2.24) is 14.8 Å². The molecule has 1 aromatic heterocycles. The summed E-state index contributed by atoms with van der Waals surface area (Å²) in [6.07, 6.45) is 2.20. The number of halogens is 1. The van der Waals surface area contributed by atoms with Gasteiger partial charge in [-0.15, -0.1) is 0 Å². The normalized spacial score (nSPS) is 12.0. The van der Waals surface area contributed by atoms with Crippen LogP contribution in [-0.2, 0) is 0 Å². The van der Waals surface area contributed by atoms with Crippen LogP contribution in [0.15, 0.2) is 16.9 Å². The van der Waals surface area contributed by atoms with E-state index < -0.39 is 11.5 Å². The molecule has 0 saturated heterocycles. The van der Waals surface area contributed by atoms with Gasteiger partial charge in [-0.25, -0.2) is 9.18 Å². The average molecular weight is 143 g/mol. The van der Waals surface area contributed by atoms with Crippen LogP contribution >= 0.6 is 0 Å². The molecule has 0 aliphatic carbocycles. The Labute approximate surface area is 56.0 Å². The van der Waals surface area contributed by atoms with Gasteiger partial charge in [0.15, 0.2) is 0 Å². The van der Waals surface area contributed by atoms with E-state index in [1.807, 2.05) is 0 Å². The lowest BCUT2D eigenvalue weighted by Gasteiger charge is -1.84. The standard InChI is InChI=1S/C5H6FN3O/c1-4(6)2-9-5(10)7-3-8-9/h2-3H,1H3,(H,7,8,10). The molecule has 1 N–H and O–H groups in total. The van der Waals surface area contributed by atoms with Crippen LogP contribution in [-0.4, -0.2) is 14.8 Å². The molecule has 0 saturated carbocycles. The van der Waals surface area contributed by atoms with E-state index in [4.69, 9.17) is 0 Å². The minimum atomic E-state index is -0.464. The van der Waals surface area contributed by atoms with Gasteiger partial charge >= 0.3 is 5.69 Å². The van der Waals surface area contributed by atoms with Gasteiger partial charge in [-0.3, -0.25) is 4.98 Å². The lowest BCUT2D eigenvalue weighted by molar-refractivity contribution is 0.638. The van der Waals surface area contributed by atoms with E-state index in [2.05, 4.69) is 10.1 Å². The summed E-state index contributed by atoms with van der Waals surface area (Å²) < 4.78 is 13.0. The second kappa shape index (κ2) is 2.47. The fraction of sp³-hybridized carbons (Fsp3) is 0.200. The minimum Gasteiger partial charge on any atom is -0.295 e. The highest BCUT2D eigenvalue weighted by molar-refractivity contribution is 5.21. The smallest absolute Gasteiger partial charge is 0.295 e. The van der Waals surface area contributed by atoms with E-state index in [0.29, 0.717) is 0 Å². The number of nitrogens with zero attached hydrogens (tertiary/aromatic N) is 2. The molecule has 10 heavy (non-hydrogen) atoms. The van der Waals surface area contributed by atoms with Gasteiger partial charge in [0.25, 0.3) is 0 Å². The number of allylic oxidation sites excluding steroid dienone is 1. The van der Waals surface area contributed by atoms with Crippen LogP contribution in [0.1, 0.15) is 6.92 Å². The second-order valence-corrected chi connectivity index (χ2v) is 1.75. The van der Waals surface area contributed by atoms with Crippen molar-refractivity contribution in [2.45, 2.75) is 6.92 Å². The molecule has 4 nitrogen and oxygen atoms in total. The zero-order valence-electron chi connectivity index (χ0n) is 5.34. The summed E-state index contributed by atoms with van der Waals surface area (Å²) in [5.74, 6) is -0.464. The molecule has 0 radical (unpaired) electrons. The zero-order chi connectivity index (χ0) is 7.56. The molecule has 0 fully saturated rings. The van der Waals surface area contributed by atoms with Crippen molar-refractivity contribution in [3.63, 3.8) is 0 Å². The number of aromatic amines is 1. The molecule has 0 aromatic carbocycles. The molecule has 0 unspecified atom stereocenters. The van der Waals surface area contributed by atoms with Crippen LogP contribution in [0.4, 0.5) is 4.39 Å². The first-order chi connectivity index (χ1) is 4.70. The summed E-state index contributed by atoms with van der Waals surface area (Å²) in [6.45, 7) is 1.24. The fourth-order valence-corrected chi connectivity index (χ4v) is 0.525. The van der Waals surface area contributed by atoms with Gasteiger partial charge < -0.3 is 0 Å². The molecule has 1 heterocycles. The molecule has 0 aliphatic rings. The van der Waals surface area contributed by atoms with Gasteiger partial charge in [0.05, 0.1) is 6.20 Å². The largest absolute Gasteiger partial charge is 0.347 e. The van der Waals surface area contributed by atoms with Gasteiger partial charge in [0.1, 0.15) is 12.2 Å². The number of H-pyrrole nitrogens is 1. The molecule has 0 bridgehead atoms. The van der Waals surface area contributed by atoms with Crippen molar-refractivity contribution in [2.75, 3.05) is 0 Å². The zero-order valence-corrected chi connectivity index (χ0v) is 5.34. The SMILES string of the molecule is CC(F)=Cn1nc[nH]c1=O. The molecular weight excluding hydrogens is 137 g/mol. The highest BCUT2D eigenvalue weighted by atomic mass is 19.1. The summed E-state index contributed by atoms with van der Waals surface area (Å²) in [4.78, 5) is 12.8. The van der Waals surface area contributed by atoms with E-state index in [1.165, 1.54) is 13.3 Å². The maximum Gasteiger partial charge on any atom is 0.347 e. The van der Waals surface area contributed by atoms with Crippen LogP contribution in [0.5, 0.6) is 0 Å². The molecule has 1 aromatic rings. The van der Waals surface area contributed by atoms with Gasteiger partial charge in [-0.05, 0) is 6.92 Å². The van der Waals surface area contributed by atoms with Crippen molar-refractivity contribution < 1.29 is 4.39 Å². The number of aromatic nitrogens is 3. The highest BCUT2D eigenvalue weighted by Gasteiger charge is 1.91. The van der Waals surface area contributed by atoms with Crippen molar-refractivity contribution in [2.24, 2.45) is 0 Å². The molecule has 0 spiro atoms. The van der Waals surface area contributed by atoms with Gasteiger partial charge in [-0.2, -0.15) is 9.78 Å². The predicted molar refractivity (Wildman–Crippen MR) is 33.9 cm³/mol. The lowest BCUT2D eigenvalue weighted by atomic mass is 10.6. The van der Waals surface area contributed by atoms with Crippen molar-refractivity contribution in [1.29, 1.82) is 0 Å². The van der Waals surface area contributed by atoms with E-state index in [9.17, 15) is 9.18 Å². The van der Waals surface area contributed by atoms with E-state index in [0.717, 1.165) is 10.9 Å². The quantitative estimate of drug-likeness (QED) is 0.617. The third kappa shape index (κ3) is 1.31. The monoisotopic (exact) mass is 143 g/mol. The average Bonchev–Trinajstić information content (AvgIpc) is 2.15. The Hall–Kier alpha value is -1.39. The Bertz CT molecular complexity index is 294. The van der Waals surface area contributed by atoms with E-state index in [1.54, 1.807) is 0 Å². The first kappa shape index (κ1) is 6.73. The Morgan fingerprint density at radius 1 is 2.00 bits per heavy atom. The van der Waals surface area contributed by atoms with Crippen molar-refractivity contribution >= 4 is 6.20 Å². The first-order valence-electron chi connectivity index (χ1n) is 2.66. The third-order valence-corrected chi connectivity index (χ3v) is 0.878. The summed E-state index contributed by atoms with van der Waals surface area (Å²) in [5, 5.41) is 3.49. The molecule has 5 heteroatoms. The topological polar surface area (TPSA) is 50.7 Å². The maximum absolute atomic E-state index is 12.1. The summed E-state index contributed by atoms with van der Waals surface area (Å²) in [7, 11) is 0. The van der Waals surface area contributed by atoms with E-state index in [-0.39, 0.29) is 0 Å². The van der Waals surface area contributed by atoms with E-state index >= 15 is 0 Å². The number of hydrogen-bond acceptors (Lipinski definition) is 2. The van der Waals surface area contributed by atoms with Crippen molar-refractivity contribution in [3.8, 4) is 0 Å². The minimum absolute atomic E-state index is 0.447. The number of rotatable bonds is 1. The second-order valence-electron chi connectivity index (χ2n) is 1.75. The van der Waals surface area contributed by atoms with Crippen LogP contribution in [0, 0.1) is 0 Å². The van der Waals surface area contributed by atoms with Gasteiger partial charge in [-0.1, -0.05) is 0 Å². The van der Waals surface area contributed by atoms with Crippen LogP contribution in [0.3, 0.4) is 0 Å². The molecule has 0 aliphatic heterocycles. The number of hydrogen-bond donors (Lipinski definition) is 1. The van der Waals surface area contributed by atoms with Gasteiger partial charge in [0.2, 0.25) is 0 Å². The van der Waals surface area contributed by atoms with Crippen LogP contribution in [0.25, 0.3) is 6.20 Å². The summed E-state index contributed by atoms with van der Waals surface area (Å²) >= 11 is 0. The summed E-state index contributed by atoms with van der Waals surface area (Å²) in [5.41, 5.74) is -0.447. The van der Waals surface area contributed by atoms with Crippen LogP contribution < -0.4 is 5.69 Å². The Kier molecular flexibility index (Phi) is 1.66. The third-order valence-electron chi connectivity index (χ3n) is 0.878. The molecule has 0 atom stereocenters. The van der Waals surface area contributed by atoms with Gasteiger partial charge in [0, 0.05) is 0 Å². The molecule has 0 amide bonds. The highest BCUT2D eigenvalue weighted by Crippen LogP contribution is 1.91. The van der Waals surface area contributed by atoms with Crippen molar-refractivity contribution in [3.05, 3.63) is 22.6 Å². The molecule has 1 rings (SSSR count). The Morgan fingerprint density at radius 2 is 2.70 bits per heavy atom. The molecular formula is C5H6FN3O. The predicted octanol–water partition coefficient (Wildman–Crippen LogP) is 0.359. The fourth-order valence-electron chi connectivity index (χ4n) is 0.525. The number of nitrogens with one attached hydrogen (secondary N) is 1. The summed E-state index contributed by atoms with van der Waals surface area (Å²) in [6, 6.07) is 0. The van der Waals surface area contributed by atoms with Crippen LogP contribution in [0.2, 0.25) is 0 Å². The maximum atomic E-state index is 12.1.